The molecule has 0 aliphatic carbocycles. The van der Waals surface area contributed by atoms with Crippen LogP contribution in [0.1, 0.15) is 10.8 Å². The van der Waals surface area contributed by atoms with E-state index in [2.05, 4.69) is 44.6 Å². The van der Waals surface area contributed by atoms with Crippen LogP contribution < -0.4 is 4.74 Å². The Morgan fingerprint density at radius 3 is 2.93 bits per heavy atom. The Kier molecular flexibility index (Phi) is 4.73. The van der Waals surface area contributed by atoms with Crippen molar-refractivity contribution >= 4 is 55.0 Å². The molecule has 0 bridgehead atoms. The number of benzene rings is 2. The summed E-state index contributed by atoms with van der Waals surface area (Å²) in [5.41, 5.74) is 0. The Balaban J connectivity index is 1.28. The molecule has 2 aromatic carbocycles. The lowest BCUT2D eigenvalue weighted by Gasteiger charge is -2.05. The van der Waals surface area contributed by atoms with Crippen LogP contribution in [0.25, 0.3) is 15.7 Å². The lowest BCUT2D eigenvalue weighted by Crippen LogP contribution is -1.99. The van der Waals surface area contributed by atoms with E-state index in [1.165, 1.54) is 22.1 Å². The number of fused-ring (bicyclic) bond motifs is 2. The third-order valence-corrected chi connectivity index (χ3v) is 7.18. The van der Waals surface area contributed by atoms with Crippen molar-refractivity contribution in [1.29, 1.82) is 0 Å². The average molecular weight is 414 g/mol. The number of rotatable bonds is 5. The molecule has 1 aliphatic heterocycles. The molecule has 4 aromatic rings. The number of ether oxygens (including phenoxy) is 1. The van der Waals surface area contributed by atoms with Gasteiger partial charge in [-0.15, -0.1) is 10.2 Å². The lowest BCUT2D eigenvalue weighted by molar-refractivity contribution is 0.304. The second-order valence-electron chi connectivity index (χ2n) is 5.89. The van der Waals surface area contributed by atoms with Crippen molar-refractivity contribution in [2.45, 2.75) is 12.4 Å². The highest BCUT2D eigenvalue weighted by atomic mass is 32.2. The van der Waals surface area contributed by atoms with Gasteiger partial charge in [0, 0.05) is 5.75 Å². The van der Waals surface area contributed by atoms with Crippen molar-refractivity contribution in [3.05, 3.63) is 53.3 Å². The van der Waals surface area contributed by atoms with Crippen LogP contribution >= 0.6 is 34.9 Å². The molecule has 0 saturated heterocycles. The summed E-state index contributed by atoms with van der Waals surface area (Å²) in [7, 11) is 0. The van der Waals surface area contributed by atoms with E-state index in [4.69, 9.17) is 4.74 Å². The third-order valence-electron chi connectivity index (χ3n) is 4.06. The standard InChI is InChI=1S/C18H15N5OS3/c1-2-4-13-9-14(6-5-12(13)3-1)24-10-16-22-23-15(20-21-17(23)27-16)11-26-18-19-7-8-25-18/h1-6,9H,7-8,10-11H2. The van der Waals surface area contributed by atoms with Gasteiger partial charge in [0.1, 0.15) is 16.7 Å². The van der Waals surface area contributed by atoms with Crippen LogP contribution in [-0.4, -0.2) is 36.5 Å². The monoisotopic (exact) mass is 413 g/mol. The van der Waals surface area contributed by atoms with E-state index < -0.39 is 0 Å². The Labute approximate surface area is 168 Å². The van der Waals surface area contributed by atoms with Crippen LogP contribution in [0.2, 0.25) is 0 Å². The molecule has 0 spiro atoms. The summed E-state index contributed by atoms with van der Waals surface area (Å²) in [6.07, 6.45) is 0. The first-order valence-corrected chi connectivity index (χ1v) is 11.3. The van der Waals surface area contributed by atoms with Gasteiger partial charge in [-0.1, -0.05) is 65.2 Å². The Bertz CT molecular complexity index is 1140. The van der Waals surface area contributed by atoms with Crippen molar-refractivity contribution in [1.82, 2.24) is 19.8 Å². The van der Waals surface area contributed by atoms with Crippen LogP contribution in [-0.2, 0) is 12.4 Å². The number of nitrogens with zero attached hydrogens (tertiary/aromatic N) is 5. The summed E-state index contributed by atoms with van der Waals surface area (Å²) in [5, 5.41) is 16.4. The molecule has 3 heterocycles. The van der Waals surface area contributed by atoms with E-state index >= 15 is 0 Å². The summed E-state index contributed by atoms with van der Waals surface area (Å²) in [6, 6.07) is 14.4. The van der Waals surface area contributed by atoms with E-state index in [-0.39, 0.29) is 0 Å². The predicted octanol–water partition coefficient (Wildman–Crippen LogP) is 4.25. The molecule has 136 valence electrons. The van der Waals surface area contributed by atoms with Gasteiger partial charge in [0.15, 0.2) is 10.8 Å². The van der Waals surface area contributed by atoms with Crippen molar-refractivity contribution in [3.63, 3.8) is 0 Å². The number of hydrogen-bond acceptors (Lipinski definition) is 8. The zero-order valence-electron chi connectivity index (χ0n) is 14.2. The molecule has 0 radical (unpaired) electrons. The Hall–Kier alpha value is -2.10. The Morgan fingerprint density at radius 1 is 1.11 bits per heavy atom. The van der Waals surface area contributed by atoms with E-state index in [9.17, 15) is 0 Å². The zero-order chi connectivity index (χ0) is 18.1. The molecular weight excluding hydrogens is 398 g/mol. The van der Waals surface area contributed by atoms with Gasteiger partial charge in [0.2, 0.25) is 4.96 Å². The van der Waals surface area contributed by atoms with Gasteiger partial charge in [-0.2, -0.15) is 9.61 Å². The summed E-state index contributed by atoms with van der Waals surface area (Å²) in [6.45, 7) is 1.33. The summed E-state index contributed by atoms with van der Waals surface area (Å²) in [5.74, 6) is 3.48. The van der Waals surface area contributed by atoms with Gasteiger partial charge in [0.05, 0.1) is 12.3 Å². The quantitative estimate of drug-likeness (QED) is 0.487. The molecule has 2 aromatic heterocycles. The normalized spacial score (nSPS) is 14.1. The Morgan fingerprint density at radius 2 is 2.04 bits per heavy atom. The third kappa shape index (κ3) is 3.67. The largest absolute Gasteiger partial charge is 0.486 e. The molecule has 0 fully saturated rings. The fourth-order valence-corrected chi connectivity index (χ4v) is 5.46. The molecule has 0 amide bonds. The van der Waals surface area contributed by atoms with Crippen LogP contribution in [0.5, 0.6) is 5.75 Å². The highest BCUT2D eigenvalue weighted by molar-refractivity contribution is 8.38. The SMILES string of the molecule is c1ccc2cc(OCc3nn4c(CSC5=NCCS5)nnc4s3)ccc2c1. The molecule has 5 rings (SSSR count). The summed E-state index contributed by atoms with van der Waals surface area (Å²) in [4.78, 5) is 5.25. The van der Waals surface area contributed by atoms with Gasteiger partial charge < -0.3 is 4.74 Å². The topological polar surface area (TPSA) is 64.7 Å². The molecule has 0 unspecified atom stereocenters. The molecule has 1 aliphatic rings. The first-order chi connectivity index (χ1) is 13.3. The maximum Gasteiger partial charge on any atom is 0.234 e. The van der Waals surface area contributed by atoms with Gasteiger partial charge in [-0.25, -0.2) is 0 Å². The second-order valence-corrected chi connectivity index (χ2v) is 9.24. The molecule has 9 heteroatoms. The minimum absolute atomic E-state index is 0.418. The predicted molar refractivity (Wildman–Crippen MR) is 113 cm³/mol. The average Bonchev–Trinajstić information content (AvgIpc) is 3.42. The molecule has 0 N–H and O–H groups in total. The van der Waals surface area contributed by atoms with Crippen LogP contribution in [0.4, 0.5) is 0 Å². The van der Waals surface area contributed by atoms with Gasteiger partial charge >= 0.3 is 0 Å². The van der Waals surface area contributed by atoms with E-state index in [0.29, 0.717) is 6.61 Å². The summed E-state index contributed by atoms with van der Waals surface area (Å²) >= 11 is 5.01. The minimum atomic E-state index is 0.418. The molecule has 27 heavy (non-hydrogen) atoms. The first-order valence-electron chi connectivity index (χ1n) is 8.47. The van der Waals surface area contributed by atoms with E-state index in [1.807, 2.05) is 22.7 Å². The number of aliphatic imine (C=N–C) groups is 1. The van der Waals surface area contributed by atoms with Crippen molar-refractivity contribution < 1.29 is 4.74 Å². The van der Waals surface area contributed by atoms with Crippen molar-refractivity contribution in [2.24, 2.45) is 4.99 Å². The maximum atomic E-state index is 5.94. The molecule has 0 atom stereocenters. The fraction of sp³-hybridized carbons (Fsp3) is 0.222. The smallest absolute Gasteiger partial charge is 0.234 e. The first kappa shape index (κ1) is 17.0. The number of hydrogen-bond donors (Lipinski definition) is 0. The zero-order valence-corrected chi connectivity index (χ0v) is 16.7. The van der Waals surface area contributed by atoms with Crippen molar-refractivity contribution in [2.75, 3.05) is 12.3 Å². The fourth-order valence-electron chi connectivity index (χ4n) is 2.78. The van der Waals surface area contributed by atoms with Gasteiger partial charge in [0.25, 0.3) is 0 Å². The minimum Gasteiger partial charge on any atom is -0.486 e. The molecule has 6 nitrogen and oxygen atoms in total. The van der Waals surface area contributed by atoms with Crippen molar-refractivity contribution in [3.8, 4) is 5.75 Å². The maximum absolute atomic E-state index is 5.94. The lowest BCUT2D eigenvalue weighted by atomic mass is 10.1. The molecular formula is C18H15N5OS3. The van der Waals surface area contributed by atoms with Crippen LogP contribution in [0, 0.1) is 0 Å². The van der Waals surface area contributed by atoms with Crippen LogP contribution in [0.3, 0.4) is 0 Å². The second kappa shape index (κ2) is 7.49. The van der Waals surface area contributed by atoms with E-state index in [1.54, 1.807) is 23.5 Å². The number of aromatic nitrogens is 4. The van der Waals surface area contributed by atoms with Gasteiger partial charge in [-0.3, -0.25) is 4.99 Å². The highest BCUT2D eigenvalue weighted by Gasteiger charge is 2.15. The highest BCUT2D eigenvalue weighted by Crippen LogP contribution is 2.26. The van der Waals surface area contributed by atoms with E-state index in [0.717, 1.165) is 44.0 Å². The number of thioether (sulfide) groups is 2. The van der Waals surface area contributed by atoms with Gasteiger partial charge in [-0.05, 0) is 22.9 Å². The van der Waals surface area contributed by atoms with Crippen LogP contribution in [0.15, 0.2) is 47.5 Å². The summed E-state index contributed by atoms with van der Waals surface area (Å²) < 4.78 is 8.88. The molecule has 0 saturated carbocycles.